The molecule has 128 valence electrons. The maximum Gasteiger partial charge on any atom is 0.127 e. The Morgan fingerprint density at radius 2 is 1.12 bits per heavy atom. The lowest BCUT2D eigenvalue weighted by atomic mass is 10.1. The summed E-state index contributed by atoms with van der Waals surface area (Å²) in [5.41, 5.74) is 6.81. The second-order valence-corrected chi connectivity index (χ2v) is 5.78. The lowest BCUT2D eigenvalue weighted by Crippen LogP contribution is -2.26. The van der Waals surface area contributed by atoms with E-state index in [-0.39, 0.29) is 12.6 Å². The van der Waals surface area contributed by atoms with Crippen LogP contribution in [0.3, 0.4) is 0 Å². The van der Waals surface area contributed by atoms with Gasteiger partial charge in [-0.15, -0.1) is 0 Å². The molecule has 0 aliphatic rings. The third-order valence-electron chi connectivity index (χ3n) is 3.69. The molecule has 0 radical (unpaired) electrons. The number of nitrogens with two attached hydrogens (primary N) is 1. The van der Waals surface area contributed by atoms with Crippen LogP contribution in [0, 0.1) is 0 Å². The van der Waals surface area contributed by atoms with Crippen molar-refractivity contribution < 1.29 is 14.6 Å². The van der Waals surface area contributed by atoms with Crippen molar-refractivity contribution in [1.29, 1.82) is 0 Å². The third-order valence-corrected chi connectivity index (χ3v) is 3.69. The molecular formula is C21H21NO3. The molecule has 0 saturated carbocycles. The Morgan fingerprint density at radius 1 is 0.680 bits per heavy atom. The van der Waals surface area contributed by atoms with E-state index in [0.717, 1.165) is 28.6 Å². The van der Waals surface area contributed by atoms with Gasteiger partial charge < -0.3 is 20.3 Å². The van der Waals surface area contributed by atoms with Gasteiger partial charge in [-0.1, -0.05) is 30.3 Å². The van der Waals surface area contributed by atoms with Gasteiger partial charge in [0.25, 0.3) is 0 Å². The van der Waals surface area contributed by atoms with Gasteiger partial charge >= 0.3 is 0 Å². The van der Waals surface area contributed by atoms with E-state index in [1.165, 1.54) is 0 Å². The minimum absolute atomic E-state index is 0.0182. The maximum atomic E-state index is 9.00. The molecule has 4 heteroatoms. The summed E-state index contributed by atoms with van der Waals surface area (Å²) in [6.07, 6.45) is 0.641. The van der Waals surface area contributed by atoms with Crippen LogP contribution in [0.5, 0.6) is 23.0 Å². The summed E-state index contributed by atoms with van der Waals surface area (Å²) in [7, 11) is 0. The summed E-state index contributed by atoms with van der Waals surface area (Å²) in [6, 6.07) is 24.6. The quantitative estimate of drug-likeness (QED) is 0.681. The number of benzene rings is 3. The maximum absolute atomic E-state index is 9.00. The zero-order valence-electron chi connectivity index (χ0n) is 13.8. The van der Waals surface area contributed by atoms with Crippen molar-refractivity contribution in [3.63, 3.8) is 0 Å². The largest absolute Gasteiger partial charge is 0.457 e. The van der Waals surface area contributed by atoms with Crippen LogP contribution in [-0.4, -0.2) is 17.8 Å². The van der Waals surface area contributed by atoms with Gasteiger partial charge in [0.2, 0.25) is 0 Å². The van der Waals surface area contributed by atoms with Crippen LogP contribution < -0.4 is 15.2 Å². The first-order valence-electron chi connectivity index (χ1n) is 8.19. The second-order valence-electron chi connectivity index (χ2n) is 5.78. The van der Waals surface area contributed by atoms with E-state index >= 15 is 0 Å². The third kappa shape index (κ3) is 5.08. The van der Waals surface area contributed by atoms with Gasteiger partial charge in [-0.05, 0) is 60.5 Å². The first-order valence-corrected chi connectivity index (χ1v) is 8.19. The molecule has 3 aromatic carbocycles. The van der Waals surface area contributed by atoms with Crippen LogP contribution in [0.2, 0.25) is 0 Å². The van der Waals surface area contributed by atoms with Crippen LogP contribution in [0.1, 0.15) is 5.56 Å². The minimum atomic E-state index is -0.232. The molecule has 0 heterocycles. The second kappa shape index (κ2) is 8.33. The molecule has 3 rings (SSSR count). The van der Waals surface area contributed by atoms with Crippen molar-refractivity contribution in [1.82, 2.24) is 0 Å². The molecule has 0 saturated heterocycles. The molecule has 0 aliphatic carbocycles. The Balaban J connectivity index is 1.59. The highest BCUT2D eigenvalue weighted by Gasteiger charge is 2.04. The van der Waals surface area contributed by atoms with Gasteiger partial charge in [0.05, 0.1) is 6.61 Å². The number of aliphatic hydroxyl groups excluding tert-OH is 1. The zero-order chi connectivity index (χ0) is 17.5. The lowest BCUT2D eigenvalue weighted by Gasteiger charge is -2.10. The van der Waals surface area contributed by atoms with E-state index in [4.69, 9.17) is 20.3 Å². The summed E-state index contributed by atoms with van der Waals surface area (Å²) >= 11 is 0. The van der Waals surface area contributed by atoms with Crippen LogP contribution >= 0.6 is 0 Å². The number of hydrogen-bond acceptors (Lipinski definition) is 4. The molecule has 4 nitrogen and oxygen atoms in total. The van der Waals surface area contributed by atoms with E-state index in [1.807, 2.05) is 78.9 Å². The number of rotatable bonds is 7. The molecule has 0 spiro atoms. The average molecular weight is 335 g/mol. The number of aliphatic hydroxyl groups is 1. The fraction of sp³-hybridized carbons (Fsp3) is 0.143. The highest BCUT2D eigenvalue weighted by atomic mass is 16.5. The Hall–Kier alpha value is -2.82. The monoisotopic (exact) mass is 335 g/mol. The number of hydrogen-bond donors (Lipinski definition) is 2. The summed E-state index contributed by atoms with van der Waals surface area (Å²) < 4.78 is 11.6. The van der Waals surface area contributed by atoms with Gasteiger partial charge in [0.15, 0.2) is 0 Å². The van der Waals surface area contributed by atoms with E-state index in [0.29, 0.717) is 6.42 Å². The smallest absolute Gasteiger partial charge is 0.127 e. The van der Waals surface area contributed by atoms with Gasteiger partial charge in [0.1, 0.15) is 23.0 Å². The Morgan fingerprint density at radius 3 is 1.60 bits per heavy atom. The van der Waals surface area contributed by atoms with Crippen molar-refractivity contribution in [3.05, 3.63) is 84.4 Å². The fourth-order valence-corrected chi connectivity index (χ4v) is 2.40. The van der Waals surface area contributed by atoms with Gasteiger partial charge in [-0.25, -0.2) is 0 Å². The molecule has 25 heavy (non-hydrogen) atoms. The molecule has 1 atom stereocenters. The van der Waals surface area contributed by atoms with Crippen molar-refractivity contribution in [2.75, 3.05) is 6.61 Å². The molecule has 0 unspecified atom stereocenters. The first kappa shape index (κ1) is 17.0. The van der Waals surface area contributed by atoms with Crippen LogP contribution in [-0.2, 0) is 6.42 Å². The number of para-hydroxylation sites is 1. The molecular weight excluding hydrogens is 314 g/mol. The van der Waals surface area contributed by atoms with Crippen molar-refractivity contribution in [3.8, 4) is 23.0 Å². The normalized spacial score (nSPS) is 11.8. The Labute approximate surface area is 147 Å². The summed E-state index contributed by atoms with van der Waals surface area (Å²) in [5, 5.41) is 9.00. The topological polar surface area (TPSA) is 64.7 Å². The summed E-state index contributed by atoms with van der Waals surface area (Å²) in [4.78, 5) is 0. The number of ether oxygens (including phenoxy) is 2. The predicted molar refractivity (Wildman–Crippen MR) is 98.2 cm³/mol. The first-order chi connectivity index (χ1) is 12.2. The fourth-order valence-electron chi connectivity index (χ4n) is 2.40. The molecule has 0 fully saturated rings. The van der Waals surface area contributed by atoms with Crippen LogP contribution in [0.25, 0.3) is 0 Å². The van der Waals surface area contributed by atoms with Gasteiger partial charge in [0, 0.05) is 6.04 Å². The molecule has 3 N–H and O–H groups in total. The van der Waals surface area contributed by atoms with E-state index < -0.39 is 0 Å². The molecule has 0 amide bonds. The van der Waals surface area contributed by atoms with Gasteiger partial charge in [-0.2, -0.15) is 0 Å². The zero-order valence-corrected chi connectivity index (χ0v) is 13.8. The van der Waals surface area contributed by atoms with Crippen LogP contribution in [0.4, 0.5) is 0 Å². The van der Waals surface area contributed by atoms with Crippen molar-refractivity contribution >= 4 is 0 Å². The van der Waals surface area contributed by atoms with Crippen molar-refractivity contribution in [2.24, 2.45) is 5.73 Å². The van der Waals surface area contributed by atoms with E-state index in [9.17, 15) is 0 Å². The molecule has 0 aliphatic heterocycles. The van der Waals surface area contributed by atoms with Crippen LogP contribution in [0.15, 0.2) is 78.9 Å². The highest BCUT2D eigenvalue weighted by molar-refractivity contribution is 5.38. The minimum Gasteiger partial charge on any atom is -0.457 e. The summed E-state index contributed by atoms with van der Waals surface area (Å²) in [5.74, 6) is 3.04. The summed E-state index contributed by atoms with van der Waals surface area (Å²) in [6.45, 7) is -0.0182. The SMILES string of the molecule is N[C@@H](CO)Cc1ccc(Oc2ccc(Oc3ccccc3)cc2)cc1. The lowest BCUT2D eigenvalue weighted by molar-refractivity contribution is 0.265. The van der Waals surface area contributed by atoms with Crippen molar-refractivity contribution in [2.45, 2.75) is 12.5 Å². The molecule has 3 aromatic rings. The average Bonchev–Trinajstić information content (AvgIpc) is 2.66. The van der Waals surface area contributed by atoms with E-state index in [2.05, 4.69) is 0 Å². The van der Waals surface area contributed by atoms with Gasteiger partial charge in [-0.3, -0.25) is 0 Å². The highest BCUT2D eigenvalue weighted by Crippen LogP contribution is 2.26. The predicted octanol–water partition coefficient (Wildman–Crippen LogP) is 4.13. The Kier molecular flexibility index (Phi) is 5.67. The Bertz CT molecular complexity index is 771. The standard InChI is InChI=1S/C21H21NO3/c22-17(15-23)14-16-6-8-19(9-7-16)25-21-12-10-20(11-13-21)24-18-4-2-1-3-5-18/h1-13,17,23H,14-15,22H2/t17-/m1/s1. The molecule has 0 aromatic heterocycles. The molecule has 0 bridgehead atoms. The van der Waals surface area contributed by atoms with E-state index in [1.54, 1.807) is 0 Å².